The molecule has 0 aromatic carbocycles. The van der Waals surface area contributed by atoms with E-state index in [2.05, 4.69) is 27.9 Å². The first-order valence-electron chi connectivity index (χ1n) is 5.43. The van der Waals surface area contributed by atoms with Gasteiger partial charge in [-0.05, 0) is 18.4 Å². The summed E-state index contributed by atoms with van der Waals surface area (Å²) in [6.07, 6.45) is 2.32. The van der Waals surface area contributed by atoms with Crippen molar-refractivity contribution >= 4 is 44.6 Å². The van der Waals surface area contributed by atoms with E-state index in [1.807, 2.05) is 5.38 Å². The summed E-state index contributed by atoms with van der Waals surface area (Å²) in [6.45, 7) is 3.78. The fourth-order valence-corrected chi connectivity index (χ4v) is 2.51. The van der Waals surface area contributed by atoms with Crippen molar-refractivity contribution in [3.8, 4) is 0 Å². The maximum absolute atomic E-state index is 5.54. The van der Waals surface area contributed by atoms with Gasteiger partial charge in [0, 0.05) is 19.5 Å². The molecule has 0 aliphatic carbocycles. The molecule has 0 amide bonds. The number of rotatable bonds is 5. The number of nitrogens with zero attached hydrogens (tertiary/aromatic N) is 3. The van der Waals surface area contributed by atoms with Crippen molar-refractivity contribution in [2.45, 2.75) is 13.3 Å². The molecule has 0 saturated carbocycles. The minimum atomic E-state index is 0.541. The minimum Gasteiger partial charge on any atom is -0.393 e. The normalized spacial score (nSPS) is 10.6. The standard InChI is InChI=1S/C11H14N4S2/c1-2-15(5-3-9(12)16)10-8-4-6-17-11(8)14-7-13-10/h4,6-7H,2-3,5H2,1H3,(H2,12,16). The molecule has 0 aliphatic rings. The highest BCUT2D eigenvalue weighted by molar-refractivity contribution is 7.80. The molecule has 0 bridgehead atoms. The lowest BCUT2D eigenvalue weighted by Gasteiger charge is -2.22. The van der Waals surface area contributed by atoms with Gasteiger partial charge < -0.3 is 10.6 Å². The van der Waals surface area contributed by atoms with Gasteiger partial charge in [0.15, 0.2) is 0 Å². The van der Waals surface area contributed by atoms with Crippen LogP contribution in [0.4, 0.5) is 5.82 Å². The van der Waals surface area contributed by atoms with Gasteiger partial charge in [-0.25, -0.2) is 9.97 Å². The second kappa shape index (κ2) is 5.37. The second-order valence-electron chi connectivity index (χ2n) is 3.63. The Labute approximate surface area is 109 Å². The predicted octanol–water partition coefficient (Wildman–Crippen LogP) is 2.19. The van der Waals surface area contributed by atoms with E-state index in [1.165, 1.54) is 0 Å². The number of anilines is 1. The first-order chi connectivity index (χ1) is 8.22. The summed E-state index contributed by atoms with van der Waals surface area (Å²) in [7, 11) is 0. The summed E-state index contributed by atoms with van der Waals surface area (Å²) in [5.41, 5.74) is 5.54. The molecule has 0 saturated heterocycles. The highest BCUT2D eigenvalue weighted by atomic mass is 32.1. The molecule has 0 fully saturated rings. The van der Waals surface area contributed by atoms with Crippen LogP contribution in [-0.2, 0) is 0 Å². The molecule has 2 heterocycles. The van der Waals surface area contributed by atoms with Crippen LogP contribution in [-0.4, -0.2) is 28.0 Å². The molecule has 0 radical (unpaired) electrons. The van der Waals surface area contributed by atoms with Gasteiger partial charge >= 0.3 is 0 Å². The zero-order chi connectivity index (χ0) is 12.3. The van der Waals surface area contributed by atoms with Gasteiger partial charge in [0.05, 0.1) is 10.4 Å². The summed E-state index contributed by atoms with van der Waals surface area (Å²) < 4.78 is 0. The third kappa shape index (κ3) is 2.70. The van der Waals surface area contributed by atoms with Crippen molar-refractivity contribution < 1.29 is 0 Å². The molecule has 4 nitrogen and oxygen atoms in total. The van der Waals surface area contributed by atoms with Crippen molar-refractivity contribution in [2.75, 3.05) is 18.0 Å². The van der Waals surface area contributed by atoms with Crippen LogP contribution in [0.5, 0.6) is 0 Å². The highest BCUT2D eigenvalue weighted by Gasteiger charge is 2.11. The number of thiophene rings is 1. The van der Waals surface area contributed by atoms with E-state index < -0.39 is 0 Å². The smallest absolute Gasteiger partial charge is 0.140 e. The van der Waals surface area contributed by atoms with Crippen LogP contribution < -0.4 is 10.6 Å². The molecule has 90 valence electrons. The third-order valence-electron chi connectivity index (χ3n) is 2.55. The van der Waals surface area contributed by atoms with E-state index in [1.54, 1.807) is 17.7 Å². The van der Waals surface area contributed by atoms with Gasteiger partial charge in [-0.3, -0.25) is 0 Å². The Morgan fingerprint density at radius 3 is 3.06 bits per heavy atom. The molecule has 6 heteroatoms. The van der Waals surface area contributed by atoms with Gasteiger partial charge in [0.1, 0.15) is 17.0 Å². The van der Waals surface area contributed by atoms with E-state index in [9.17, 15) is 0 Å². The summed E-state index contributed by atoms with van der Waals surface area (Å²) in [6, 6.07) is 2.05. The fraction of sp³-hybridized carbons (Fsp3) is 0.364. The molecular formula is C11H14N4S2. The molecule has 0 spiro atoms. The van der Waals surface area contributed by atoms with Crippen LogP contribution in [0.3, 0.4) is 0 Å². The van der Waals surface area contributed by atoms with Gasteiger partial charge in [-0.15, -0.1) is 11.3 Å². The molecule has 0 aliphatic heterocycles. The lowest BCUT2D eigenvalue weighted by Crippen LogP contribution is -2.28. The summed E-state index contributed by atoms with van der Waals surface area (Å²) in [4.78, 5) is 12.3. The monoisotopic (exact) mass is 266 g/mol. The average Bonchev–Trinajstić information content (AvgIpc) is 2.78. The minimum absolute atomic E-state index is 0.541. The summed E-state index contributed by atoms with van der Waals surface area (Å²) in [5, 5.41) is 3.13. The molecule has 0 atom stereocenters. The lowest BCUT2D eigenvalue weighted by atomic mass is 10.3. The van der Waals surface area contributed by atoms with E-state index in [0.717, 1.165) is 29.1 Å². The molecule has 2 rings (SSSR count). The van der Waals surface area contributed by atoms with E-state index in [-0.39, 0.29) is 0 Å². The van der Waals surface area contributed by atoms with Crippen molar-refractivity contribution in [1.82, 2.24) is 9.97 Å². The number of thiocarbonyl (C=S) groups is 1. The van der Waals surface area contributed by atoms with E-state index in [0.29, 0.717) is 11.4 Å². The predicted molar refractivity (Wildman–Crippen MR) is 76.7 cm³/mol. The quantitative estimate of drug-likeness (QED) is 0.841. The van der Waals surface area contributed by atoms with Crippen LogP contribution in [0.15, 0.2) is 17.8 Å². The molecule has 2 aromatic rings. The van der Waals surface area contributed by atoms with Crippen LogP contribution in [0.2, 0.25) is 0 Å². The molecular weight excluding hydrogens is 252 g/mol. The number of hydrogen-bond donors (Lipinski definition) is 1. The maximum atomic E-state index is 5.54. The van der Waals surface area contributed by atoms with Crippen molar-refractivity contribution in [3.63, 3.8) is 0 Å². The van der Waals surface area contributed by atoms with Crippen molar-refractivity contribution in [3.05, 3.63) is 17.8 Å². The van der Waals surface area contributed by atoms with E-state index in [4.69, 9.17) is 18.0 Å². The Bertz CT molecular complexity index is 523. The highest BCUT2D eigenvalue weighted by Crippen LogP contribution is 2.26. The Morgan fingerprint density at radius 2 is 2.35 bits per heavy atom. The van der Waals surface area contributed by atoms with Crippen molar-refractivity contribution in [2.24, 2.45) is 5.73 Å². The topological polar surface area (TPSA) is 55.0 Å². The molecule has 2 aromatic heterocycles. The molecule has 0 unspecified atom stereocenters. The van der Waals surface area contributed by atoms with E-state index >= 15 is 0 Å². The Morgan fingerprint density at radius 1 is 1.53 bits per heavy atom. The number of hydrogen-bond acceptors (Lipinski definition) is 5. The maximum Gasteiger partial charge on any atom is 0.140 e. The third-order valence-corrected chi connectivity index (χ3v) is 3.57. The van der Waals surface area contributed by atoms with Crippen LogP contribution in [0, 0.1) is 0 Å². The largest absolute Gasteiger partial charge is 0.393 e. The zero-order valence-corrected chi connectivity index (χ0v) is 11.2. The van der Waals surface area contributed by atoms with Crippen molar-refractivity contribution in [1.29, 1.82) is 0 Å². The Hall–Kier alpha value is -1.27. The average molecular weight is 266 g/mol. The second-order valence-corrected chi connectivity index (χ2v) is 5.05. The number of fused-ring (bicyclic) bond motifs is 1. The van der Waals surface area contributed by atoms with Crippen LogP contribution >= 0.6 is 23.6 Å². The Balaban J connectivity index is 2.29. The first-order valence-corrected chi connectivity index (χ1v) is 6.72. The number of aromatic nitrogens is 2. The zero-order valence-electron chi connectivity index (χ0n) is 9.59. The van der Waals surface area contributed by atoms with Gasteiger partial charge in [0.25, 0.3) is 0 Å². The van der Waals surface area contributed by atoms with Gasteiger partial charge in [0.2, 0.25) is 0 Å². The summed E-state index contributed by atoms with van der Waals surface area (Å²) >= 11 is 6.54. The van der Waals surface area contributed by atoms with Gasteiger partial charge in [-0.1, -0.05) is 12.2 Å². The molecule has 2 N–H and O–H groups in total. The van der Waals surface area contributed by atoms with Gasteiger partial charge in [-0.2, -0.15) is 0 Å². The number of nitrogens with two attached hydrogens (primary N) is 1. The van der Waals surface area contributed by atoms with Crippen LogP contribution in [0.1, 0.15) is 13.3 Å². The fourth-order valence-electron chi connectivity index (χ4n) is 1.69. The first kappa shape index (κ1) is 12.2. The molecule has 17 heavy (non-hydrogen) atoms. The van der Waals surface area contributed by atoms with Crippen LogP contribution in [0.25, 0.3) is 10.2 Å². The lowest BCUT2D eigenvalue weighted by molar-refractivity contribution is 0.823. The Kier molecular flexibility index (Phi) is 3.86. The summed E-state index contributed by atoms with van der Waals surface area (Å²) in [5.74, 6) is 0.968. The SMILES string of the molecule is CCN(CCC(N)=S)c1ncnc2sccc12.